The average Bonchev–Trinajstić information content (AvgIpc) is 2.71. The van der Waals surface area contributed by atoms with E-state index in [2.05, 4.69) is 12.0 Å². The summed E-state index contributed by atoms with van der Waals surface area (Å²) < 4.78 is 14.9. The monoisotopic (exact) mass is 285 g/mol. The molecule has 96 valence electrons. The Hall–Kier alpha value is -1.20. The number of nitrogens with two attached hydrogens (primary N) is 1. The zero-order valence-corrected chi connectivity index (χ0v) is 11.4. The number of benzene rings is 1. The molecule has 0 atom stereocenters. The third-order valence-electron chi connectivity index (χ3n) is 2.32. The van der Waals surface area contributed by atoms with Crippen LogP contribution in [0.15, 0.2) is 29.3 Å². The largest absolute Gasteiger partial charge is 0.384 e. The molecule has 18 heavy (non-hydrogen) atoms. The maximum atomic E-state index is 13.4. The lowest BCUT2D eigenvalue weighted by Crippen LogP contribution is -2.02. The molecule has 0 saturated carbocycles. The zero-order chi connectivity index (χ0) is 13.1. The van der Waals surface area contributed by atoms with Crippen LogP contribution >= 0.6 is 23.4 Å². The lowest BCUT2D eigenvalue weighted by molar-refractivity contribution is 0.625. The van der Waals surface area contributed by atoms with E-state index in [0.717, 1.165) is 17.2 Å². The lowest BCUT2D eigenvalue weighted by Gasteiger charge is -2.04. The Morgan fingerprint density at radius 1 is 1.44 bits per heavy atom. The molecule has 0 spiro atoms. The van der Waals surface area contributed by atoms with Crippen molar-refractivity contribution in [2.75, 3.05) is 11.5 Å². The van der Waals surface area contributed by atoms with E-state index in [0.29, 0.717) is 11.5 Å². The summed E-state index contributed by atoms with van der Waals surface area (Å²) in [7, 11) is 0. The van der Waals surface area contributed by atoms with Crippen LogP contribution in [0.1, 0.15) is 13.3 Å². The molecule has 0 unspecified atom stereocenters. The maximum Gasteiger partial charge on any atom is 0.143 e. The molecule has 0 amide bonds. The van der Waals surface area contributed by atoms with E-state index in [1.807, 2.05) is 0 Å². The van der Waals surface area contributed by atoms with Crippen molar-refractivity contribution in [1.82, 2.24) is 9.78 Å². The summed E-state index contributed by atoms with van der Waals surface area (Å²) in [6.07, 6.45) is 1.06. The molecule has 1 heterocycles. The first-order valence-corrected chi connectivity index (χ1v) is 6.92. The summed E-state index contributed by atoms with van der Waals surface area (Å²) in [6, 6.07) is 6.28. The Labute approximate surface area is 114 Å². The molecule has 2 aromatic rings. The minimum atomic E-state index is -0.480. The van der Waals surface area contributed by atoms with Crippen LogP contribution in [-0.2, 0) is 0 Å². The van der Waals surface area contributed by atoms with Crippen molar-refractivity contribution in [2.45, 2.75) is 18.4 Å². The molecule has 1 aromatic carbocycles. The molecule has 2 rings (SSSR count). The SMILES string of the molecule is CCCSc1cc(N)n(-c2ccc(Cl)c(F)c2)n1. The minimum Gasteiger partial charge on any atom is -0.384 e. The molecule has 0 bridgehead atoms. The van der Waals surface area contributed by atoms with Gasteiger partial charge in [0, 0.05) is 12.1 Å². The summed E-state index contributed by atoms with van der Waals surface area (Å²) in [5.74, 6) is 0.980. The second-order valence-corrected chi connectivity index (χ2v) is 5.29. The van der Waals surface area contributed by atoms with Crippen LogP contribution in [-0.4, -0.2) is 15.5 Å². The molecule has 0 aliphatic carbocycles. The van der Waals surface area contributed by atoms with E-state index in [1.165, 1.54) is 16.8 Å². The highest BCUT2D eigenvalue weighted by molar-refractivity contribution is 7.99. The van der Waals surface area contributed by atoms with E-state index >= 15 is 0 Å². The molecule has 2 N–H and O–H groups in total. The van der Waals surface area contributed by atoms with E-state index in [-0.39, 0.29) is 5.02 Å². The van der Waals surface area contributed by atoms with Crippen LogP contribution in [0.25, 0.3) is 5.69 Å². The van der Waals surface area contributed by atoms with Crippen LogP contribution in [0, 0.1) is 5.82 Å². The highest BCUT2D eigenvalue weighted by Gasteiger charge is 2.09. The lowest BCUT2D eigenvalue weighted by atomic mass is 10.3. The van der Waals surface area contributed by atoms with Crippen LogP contribution in [0.5, 0.6) is 0 Å². The first-order valence-electron chi connectivity index (χ1n) is 5.55. The van der Waals surface area contributed by atoms with Gasteiger partial charge in [0.1, 0.15) is 16.7 Å². The molecule has 0 fully saturated rings. The molecule has 1 aromatic heterocycles. The third kappa shape index (κ3) is 2.79. The number of nitrogens with zero attached hydrogens (tertiary/aromatic N) is 2. The first kappa shape index (κ1) is 13.2. The number of thioether (sulfide) groups is 1. The van der Waals surface area contributed by atoms with E-state index in [4.69, 9.17) is 17.3 Å². The van der Waals surface area contributed by atoms with Gasteiger partial charge < -0.3 is 5.73 Å². The highest BCUT2D eigenvalue weighted by atomic mass is 35.5. The van der Waals surface area contributed by atoms with E-state index in [1.54, 1.807) is 23.9 Å². The van der Waals surface area contributed by atoms with Gasteiger partial charge in [0.15, 0.2) is 0 Å². The fraction of sp³-hybridized carbons (Fsp3) is 0.250. The first-order chi connectivity index (χ1) is 8.61. The van der Waals surface area contributed by atoms with Gasteiger partial charge in [-0.2, -0.15) is 5.10 Å². The summed E-state index contributed by atoms with van der Waals surface area (Å²) in [5.41, 5.74) is 6.43. The van der Waals surface area contributed by atoms with Crippen molar-refractivity contribution in [3.8, 4) is 5.69 Å². The molecule has 0 aliphatic rings. The molecule has 0 aliphatic heterocycles. The number of hydrogen-bond donors (Lipinski definition) is 1. The van der Waals surface area contributed by atoms with Gasteiger partial charge in [-0.25, -0.2) is 9.07 Å². The highest BCUT2D eigenvalue weighted by Crippen LogP contribution is 2.24. The van der Waals surface area contributed by atoms with Crippen molar-refractivity contribution in [3.05, 3.63) is 35.1 Å². The van der Waals surface area contributed by atoms with Crippen molar-refractivity contribution >= 4 is 29.2 Å². The van der Waals surface area contributed by atoms with Crippen molar-refractivity contribution < 1.29 is 4.39 Å². The molecule has 0 radical (unpaired) electrons. The van der Waals surface area contributed by atoms with Crippen LogP contribution in [0.3, 0.4) is 0 Å². The Balaban J connectivity index is 2.32. The van der Waals surface area contributed by atoms with Gasteiger partial charge in [-0.1, -0.05) is 18.5 Å². The summed E-state index contributed by atoms with van der Waals surface area (Å²) in [5, 5.41) is 5.26. The number of rotatable bonds is 4. The Morgan fingerprint density at radius 3 is 2.89 bits per heavy atom. The Bertz CT molecular complexity index is 556. The van der Waals surface area contributed by atoms with Crippen molar-refractivity contribution in [1.29, 1.82) is 0 Å². The van der Waals surface area contributed by atoms with Gasteiger partial charge in [0.25, 0.3) is 0 Å². The van der Waals surface area contributed by atoms with Crippen molar-refractivity contribution in [2.24, 2.45) is 0 Å². The molecular weight excluding hydrogens is 273 g/mol. The van der Waals surface area contributed by atoms with Crippen LogP contribution < -0.4 is 5.73 Å². The second-order valence-electron chi connectivity index (χ2n) is 3.77. The topological polar surface area (TPSA) is 43.8 Å². The number of nitrogen functional groups attached to an aromatic ring is 1. The number of hydrogen-bond acceptors (Lipinski definition) is 3. The third-order valence-corrected chi connectivity index (χ3v) is 3.73. The van der Waals surface area contributed by atoms with Gasteiger partial charge in [-0.05, 0) is 24.3 Å². The van der Waals surface area contributed by atoms with Crippen LogP contribution in [0.4, 0.5) is 10.2 Å². The fourth-order valence-electron chi connectivity index (χ4n) is 1.47. The summed E-state index contributed by atoms with van der Waals surface area (Å²) in [6.45, 7) is 2.10. The molecule has 0 saturated heterocycles. The minimum absolute atomic E-state index is 0.0880. The van der Waals surface area contributed by atoms with E-state index < -0.39 is 5.82 Å². The molecular formula is C12H13ClFN3S. The van der Waals surface area contributed by atoms with Gasteiger partial charge >= 0.3 is 0 Å². The second kappa shape index (κ2) is 5.63. The fourth-order valence-corrected chi connectivity index (χ4v) is 2.35. The quantitative estimate of drug-likeness (QED) is 0.870. The smallest absolute Gasteiger partial charge is 0.143 e. The van der Waals surface area contributed by atoms with E-state index in [9.17, 15) is 4.39 Å². The number of anilines is 1. The summed E-state index contributed by atoms with van der Waals surface area (Å²) >= 11 is 7.27. The number of halogens is 2. The predicted molar refractivity (Wildman–Crippen MR) is 74.0 cm³/mol. The molecule has 3 nitrogen and oxygen atoms in total. The Morgan fingerprint density at radius 2 is 2.22 bits per heavy atom. The average molecular weight is 286 g/mol. The van der Waals surface area contributed by atoms with Gasteiger partial charge in [-0.15, -0.1) is 11.8 Å². The van der Waals surface area contributed by atoms with Gasteiger partial charge in [0.05, 0.1) is 10.7 Å². The predicted octanol–water partition coefficient (Wildman–Crippen LogP) is 3.75. The molecule has 6 heteroatoms. The van der Waals surface area contributed by atoms with Crippen LogP contribution in [0.2, 0.25) is 5.02 Å². The standard InChI is InChI=1S/C12H13ClFN3S/c1-2-5-18-12-7-11(15)17(16-12)8-3-4-9(13)10(14)6-8/h3-4,6-7H,2,5,15H2,1H3. The Kier molecular flexibility index (Phi) is 4.14. The summed E-state index contributed by atoms with van der Waals surface area (Å²) in [4.78, 5) is 0. The number of aromatic nitrogens is 2. The maximum absolute atomic E-state index is 13.4. The zero-order valence-electron chi connectivity index (χ0n) is 9.86. The van der Waals surface area contributed by atoms with Crippen molar-refractivity contribution in [3.63, 3.8) is 0 Å². The normalized spacial score (nSPS) is 10.8. The van der Waals surface area contributed by atoms with Gasteiger partial charge in [0.2, 0.25) is 0 Å². The van der Waals surface area contributed by atoms with Gasteiger partial charge in [-0.3, -0.25) is 0 Å².